The number of halogens is 7. The van der Waals surface area contributed by atoms with Crippen LogP contribution in [0.4, 0.5) is 30.7 Å². The molecule has 2 rings (SSSR count). The zero-order chi connectivity index (χ0) is 16.1. The van der Waals surface area contributed by atoms with Gasteiger partial charge in [0, 0.05) is 0 Å². The summed E-state index contributed by atoms with van der Waals surface area (Å²) in [5, 5.41) is 6.12. The fraction of sp³-hybridized carbons (Fsp3) is 0.300. The van der Waals surface area contributed by atoms with Crippen LogP contribution in [0.25, 0.3) is 11.0 Å². The Balaban J connectivity index is 2.53. The molecule has 1 aromatic heterocycles. The smallest absolute Gasteiger partial charge is 0.265 e. The number of para-hydroxylation sites is 1. The Bertz CT molecular complexity index is 691. The molecule has 1 heterocycles. The molecule has 0 saturated heterocycles. The molecule has 2 aromatic rings. The zero-order valence-corrected chi connectivity index (χ0v) is 9.71. The standard InChI is InChI=1S/C10H4F7N3O/c11-8(12,9(13,14)10(15,16)17)7(21)20-6-4-2-1-3-5(6)18-19-20/h1-4H. The molecule has 0 unspecified atom stereocenters. The van der Waals surface area contributed by atoms with E-state index in [4.69, 9.17) is 0 Å². The Morgan fingerprint density at radius 1 is 1.00 bits per heavy atom. The van der Waals surface area contributed by atoms with E-state index in [0.29, 0.717) is 0 Å². The summed E-state index contributed by atoms with van der Waals surface area (Å²) in [6, 6.07) is 4.87. The number of carbonyl (C=O) groups excluding carboxylic acids is 1. The van der Waals surface area contributed by atoms with Crippen LogP contribution in [-0.4, -0.2) is 38.9 Å². The molecule has 4 nitrogen and oxygen atoms in total. The topological polar surface area (TPSA) is 47.8 Å². The number of nitrogens with zero attached hydrogens (tertiary/aromatic N) is 3. The van der Waals surface area contributed by atoms with Gasteiger partial charge in [-0.25, -0.2) is 0 Å². The van der Waals surface area contributed by atoms with E-state index in [0.717, 1.165) is 6.07 Å². The summed E-state index contributed by atoms with van der Waals surface area (Å²) in [4.78, 5) is 11.4. The van der Waals surface area contributed by atoms with Crippen molar-refractivity contribution in [2.45, 2.75) is 18.0 Å². The Morgan fingerprint density at radius 3 is 2.14 bits per heavy atom. The molecule has 0 aliphatic rings. The first-order valence-electron chi connectivity index (χ1n) is 5.18. The minimum absolute atomic E-state index is 0.114. The maximum absolute atomic E-state index is 13.3. The second-order valence-corrected chi connectivity index (χ2v) is 3.94. The fourth-order valence-corrected chi connectivity index (χ4v) is 1.46. The average molecular weight is 315 g/mol. The summed E-state index contributed by atoms with van der Waals surface area (Å²) in [6.45, 7) is 0. The summed E-state index contributed by atoms with van der Waals surface area (Å²) in [7, 11) is 0. The molecule has 11 heteroatoms. The molecule has 114 valence electrons. The van der Waals surface area contributed by atoms with Crippen LogP contribution in [0.1, 0.15) is 4.79 Å². The van der Waals surface area contributed by atoms with Crippen molar-refractivity contribution >= 4 is 16.9 Å². The average Bonchev–Trinajstić information content (AvgIpc) is 2.79. The highest BCUT2D eigenvalue weighted by molar-refractivity contribution is 5.93. The predicted octanol–water partition coefficient (Wildman–Crippen LogP) is 2.90. The van der Waals surface area contributed by atoms with E-state index in [1.54, 1.807) is 0 Å². The highest BCUT2D eigenvalue weighted by Crippen LogP contribution is 2.47. The number of carbonyl (C=O) groups is 1. The lowest BCUT2D eigenvalue weighted by molar-refractivity contribution is -0.340. The van der Waals surface area contributed by atoms with Gasteiger partial charge < -0.3 is 0 Å². The van der Waals surface area contributed by atoms with Gasteiger partial charge in [0.15, 0.2) is 0 Å². The van der Waals surface area contributed by atoms with Crippen LogP contribution >= 0.6 is 0 Å². The fourth-order valence-electron chi connectivity index (χ4n) is 1.46. The summed E-state index contributed by atoms with van der Waals surface area (Å²) >= 11 is 0. The molecule has 0 amide bonds. The van der Waals surface area contributed by atoms with Gasteiger partial charge in [-0.3, -0.25) is 4.79 Å². The Kier molecular flexibility index (Phi) is 3.18. The van der Waals surface area contributed by atoms with Gasteiger partial charge in [0.25, 0.3) is 0 Å². The maximum atomic E-state index is 13.3. The monoisotopic (exact) mass is 315 g/mol. The van der Waals surface area contributed by atoms with E-state index in [1.165, 1.54) is 18.2 Å². The summed E-state index contributed by atoms with van der Waals surface area (Å²) < 4.78 is 87.9. The predicted molar refractivity (Wildman–Crippen MR) is 54.1 cm³/mol. The van der Waals surface area contributed by atoms with Gasteiger partial charge in [-0.05, 0) is 12.1 Å². The van der Waals surface area contributed by atoms with Crippen molar-refractivity contribution in [3.05, 3.63) is 24.3 Å². The van der Waals surface area contributed by atoms with Crippen molar-refractivity contribution in [2.75, 3.05) is 0 Å². The lowest BCUT2D eigenvalue weighted by Crippen LogP contribution is -2.57. The van der Waals surface area contributed by atoms with Crippen LogP contribution < -0.4 is 0 Å². The second kappa shape index (κ2) is 4.40. The van der Waals surface area contributed by atoms with Gasteiger partial charge in [0.05, 0.1) is 5.52 Å². The number of hydrogen-bond acceptors (Lipinski definition) is 3. The number of aromatic nitrogens is 3. The first-order chi connectivity index (χ1) is 9.50. The van der Waals surface area contributed by atoms with Crippen LogP contribution in [-0.2, 0) is 0 Å². The highest BCUT2D eigenvalue weighted by atomic mass is 19.4. The van der Waals surface area contributed by atoms with Crippen molar-refractivity contribution in [3.8, 4) is 0 Å². The summed E-state index contributed by atoms with van der Waals surface area (Å²) in [5.41, 5.74) is -0.530. The van der Waals surface area contributed by atoms with Crippen LogP contribution in [0.2, 0.25) is 0 Å². The van der Waals surface area contributed by atoms with Crippen molar-refractivity contribution in [3.63, 3.8) is 0 Å². The van der Waals surface area contributed by atoms with Crippen LogP contribution in [0.15, 0.2) is 24.3 Å². The van der Waals surface area contributed by atoms with Crippen molar-refractivity contribution in [1.82, 2.24) is 15.0 Å². The van der Waals surface area contributed by atoms with Crippen LogP contribution in [0, 0.1) is 0 Å². The molecule has 1 aromatic carbocycles. The number of rotatable bonds is 2. The van der Waals surface area contributed by atoms with Crippen LogP contribution in [0.5, 0.6) is 0 Å². The van der Waals surface area contributed by atoms with Crippen LogP contribution in [0.3, 0.4) is 0 Å². The summed E-state index contributed by atoms with van der Waals surface area (Å²) in [6.07, 6.45) is -6.59. The van der Waals surface area contributed by atoms with E-state index in [-0.39, 0.29) is 10.2 Å². The third kappa shape index (κ3) is 2.12. The lowest BCUT2D eigenvalue weighted by atomic mass is 10.1. The second-order valence-electron chi connectivity index (χ2n) is 3.94. The van der Waals surface area contributed by atoms with E-state index in [9.17, 15) is 35.5 Å². The van der Waals surface area contributed by atoms with Gasteiger partial charge in [-0.2, -0.15) is 35.4 Å². The number of benzene rings is 1. The molecule has 0 radical (unpaired) electrons. The van der Waals surface area contributed by atoms with Crippen molar-refractivity contribution in [2.24, 2.45) is 0 Å². The van der Waals surface area contributed by atoms with E-state index < -0.39 is 29.4 Å². The first kappa shape index (κ1) is 15.2. The van der Waals surface area contributed by atoms with Gasteiger partial charge >= 0.3 is 23.9 Å². The molecule has 0 saturated carbocycles. The number of hydrogen-bond donors (Lipinski definition) is 0. The molecular formula is C10H4F7N3O. The normalized spacial score (nSPS) is 13.7. The molecule has 0 bridgehead atoms. The third-order valence-corrected chi connectivity index (χ3v) is 2.56. The molecular weight excluding hydrogens is 311 g/mol. The van der Waals surface area contributed by atoms with E-state index in [2.05, 4.69) is 10.3 Å². The lowest BCUT2D eigenvalue weighted by Gasteiger charge is -2.26. The third-order valence-electron chi connectivity index (χ3n) is 2.56. The largest absolute Gasteiger partial charge is 0.460 e. The van der Waals surface area contributed by atoms with Gasteiger partial charge in [-0.1, -0.05) is 17.3 Å². The van der Waals surface area contributed by atoms with Crippen molar-refractivity contribution in [1.29, 1.82) is 0 Å². The molecule has 0 fully saturated rings. The van der Waals surface area contributed by atoms with E-state index in [1.807, 2.05) is 0 Å². The molecule has 0 aliphatic heterocycles. The first-order valence-corrected chi connectivity index (χ1v) is 5.18. The zero-order valence-electron chi connectivity index (χ0n) is 9.71. The maximum Gasteiger partial charge on any atom is 0.460 e. The molecule has 0 aliphatic carbocycles. The van der Waals surface area contributed by atoms with Gasteiger partial charge in [0.1, 0.15) is 5.52 Å². The minimum Gasteiger partial charge on any atom is -0.265 e. The summed E-state index contributed by atoms with van der Waals surface area (Å²) in [5.74, 6) is -15.4. The number of fused-ring (bicyclic) bond motifs is 1. The Morgan fingerprint density at radius 2 is 1.57 bits per heavy atom. The van der Waals surface area contributed by atoms with Crippen molar-refractivity contribution < 1.29 is 35.5 Å². The van der Waals surface area contributed by atoms with Gasteiger partial charge in [0.2, 0.25) is 0 Å². The molecule has 0 N–H and O–H groups in total. The SMILES string of the molecule is O=C(n1nnc2ccccc21)C(F)(F)C(F)(F)C(F)(F)F. The Labute approximate surface area is 111 Å². The molecule has 0 spiro atoms. The quantitative estimate of drug-likeness (QED) is 0.801. The molecule has 21 heavy (non-hydrogen) atoms. The minimum atomic E-state index is -6.59. The van der Waals surface area contributed by atoms with E-state index >= 15 is 0 Å². The Hall–Kier alpha value is -2.20. The van der Waals surface area contributed by atoms with Gasteiger partial charge in [-0.15, -0.1) is 5.10 Å². The molecule has 0 atom stereocenters. The number of alkyl halides is 7. The highest BCUT2D eigenvalue weighted by Gasteiger charge is 2.76.